The highest BCUT2D eigenvalue weighted by molar-refractivity contribution is 7.89. The van der Waals surface area contributed by atoms with Crippen LogP contribution in [0.3, 0.4) is 0 Å². The van der Waals surface area contributed by atoms with Gasteiger partial charge in [0.1, 0.15) is 11.9 Å². The van der Waals surface area contributed by atoms with Crippen molar-refractivity contribution in [3.05, 3.63) is 101 Å². The van der Waals surface area contributed by atoms with Crippen LogP contribution in [0.1, 0.15) is 24.1 Å². The second-order valence-corrected chi connectivity index (χ2v) is 13.8. The van der Waals surface area contributed by atoms with Crippen LogP contribution in [0.5, 0.6) is 0 Å². The molecule has 2 saturated heterocycles. The zero-order chi connectivity index (χ0) is 34.1. The largest absolute Gasteiger partial charge is 0.416 e. The second-order valence-electron chi connectivity index (χ2n) is 11.5. The summed E-state index contributed by atoms with van der Waals surface area (Å²) in [5.41, 5.74) is 0.832. The molecule has 2 fully saturated rings. The van der Waals surface area contributed by atoms with Crippen LogP contribution in [-0.2, 0) is 27.5 Å². The number of rotatable bonds is 8. The third-order valence-corrected chi connectivity index (χ3v) is 10.6. The van der Waals surface area contributed by atoms with E-state index < -0.39 is 33.7 Å². The summed E-state index contributed by atoms with van der Waals surface area (Å²) < 4.78 is 82.0. The third kappa shape index (κ3) is 7.25. The molecule has 0 unspecified atom stereocenters. The predicted molar refractivity (Wildman–Crippen MR) is 174 cm³/mol. The fraction of sp³-hybridized carbons (Fsp3) is 0.303. The Balaban J connectivity index is 1.22. The predicted octanol–water partition coefficient (Wildman–Crippen LogP) is 5.75. The first-order valence-corrected chi connectivity index (χ1v) is 17.1. The first-order chi connectivity index (χ1) is 22.9. The molecule has 0 spiro atoms. The number of amides is 1. The lowest BCUT2D eigenvalue weighted by Crippen LogP contribution is -2.47. The number of anilines is 2. The number of halogens is 5. The average Bonchev–Trinajstić information content (AvgIpc) is 3.59. The van der Waals surface area contributed by atoms with E-state index >= 15 is 0 Å². The molecule has 1 atom stereocenters. The van der Waals surface area contributed by atoms with E-state index in [1.807, 2.05) is 9.80 Å². The number of carbonyl (C=O) groups is 1. The van der Waals surface area contributed by atoms with Gasteiger partial charge in [-0.05, 0) is 67.4 Å². The van der Waals surface area contributed by atoms with Crippen molar-refractivity contribution >= 4 is 39.2 Å². The summed E-state index contributed by atoms with van der Waals surface area (Å²) >= 11 is 5.93. The minimum Gasteiger partial charge on any atom is -0.366 e. The Morgan fingerprint density at radius 3 is 2.23 bits per heavy atom. The van der Waals surface area contributed by atoms with Crippen LogP contribution in [0.25, 0.3) is 11.3 Å². The highest BCUT2D eigenvalue weighted by Crippen LogP contribution is 2.32. The van der Waals surface area contributed by atoms with E-state index in [2.05, 4.69) is 15.3 Å². The topological polar surface area (TPSA) is 98.7 Å². The number of aromatic nitrogens is 2. The lowest BCUT2D eigenvalue weighted by Gasteiger charge is -2.36. The van der Waals surface area contributed by atoms with E-state index in [9.17, 15) is 30.8 Å². The fourth-order valence-corrected chi connectivity index (χ4v) is 7.66. The van der Waals surface area contributed by atoms with Crippen molar-refractivity contribution in [3.8, 4) is 11.3 Å². The molecule has 0 aliphatic carbocycles. The molecule has 9 nitrogen and oxygen atoms in total. The standard InChI is InChI=1S/C33H31ClF4N6O3S/c34-24-11-13-26(14-12-24)48(46,47)44-15-3-6-30(44)31(45)39-21-25-20-28(22-7-9-23(10-8-22)33(36,37)38)41-32(40-25)43-18-16-42(17-19-43)29-5-2-1-4-27(29)35/h1-2,4-5,7-14,20,30H,3,6,15-19,21H2,(H,39,45)/t30-/m0/s1. The van der Waals surface area contributed by atoms with Gasteiger partial charge in [0.05, 0.1) is 34.1 Å². The number of nitrogens with one attached hydrogen (secondary N) is 1. The molecule has 3 heterocycles. The van der Waals surface area contributed by atoms with Gasteiger partial charge in [-0.25, -0.2) is 22.8 Å². The molecule has 1 amide bonds. The summed E-state index contributed by atoms with van der Waals surface area (Å²) in [6.45, 7) is 1.92. The minimum absolute atomic E-state index is 0.0309. The van der Waals surface area contributed by atoms with Crippen molar-refractivity contribution in [2.24, 2.45) is 0 Å². The Bertz CT molecular complexity index is 1890. The summed E-state index contributed by atoms with van der Waals surface area (Å²) in [7, 11) is -3.96. The minimum atomic E-state index is -4.50. The van der Waals surface area contributed by atoms with Gasteiger partial charge in [0, 0.05) is 43.3 Å². The van der Waals surface area contributed by atoms with Gasteiger partial charge in [-0.15, -0.1) is 0 Å². The van der Waals surface area contributed by atoms with Gasteiger partial charge in [-0.1, -0.05) is 35.9 Å². The van der Waals surface area contributed by atoms with Crippen molar-refractivity contribution in [2.45, 2.75) is 36.5 Å². The first kappa shape index (κ1) is 33.6. The number of para-hydroxylation sites is 1. The van der Waals surface area contributed by atoms with Crippen molar-refractivity contribution in [3.63, 3.8) is 0 Å². The van der Waals surface area contributed by atoms with Crippen LogP contribution in [0.4, 0.5) is 29.2 Å². The zero-order valence-corrected chi connectivity index (χ0v) is 27.1. The quantitative estimate of drug-likeness (QED) is 0.234. The average molecular weight is 703 g/mol. The first-order valence-electron chi connectivity index (χ1n) is 15.3. The lowest BCUT2D eigenvalue weighted by atomic mass is 10.1. The second kappa shape index (κ2) is 13.7. The molecule has 252 valence electrons. The van der Waals surface area contributed by atoms with Gasteiger partial charge in [0.15, 0.2) is 0 Å². The summed E-state index contributed by atoms with van der Waals surface area (Å²) in [5, 5.41) is 3.19. The number of carbonyl (C=O) groups excluding carboxylic acids is 1. The molecule has 3 aromatic carbocycles. The summed E-state index contributed by atoms with van der Waals surface area (Å²) in [5.74, 6) is -0.524. The highest BCUT2D eigenvalue weighted by Gasteiger charge is 2.39. The third-order valence-electron chi connectivity index (χ3n) is 8.40. The van der Waals surface area contributed by atoms with Gasteiger partial charge in [0.25, 0.3) is 0 Å². The summed E-state index contributed by atoms with van der Waals surface area (Å²) in [4.78, 5) is 26.6. The maximum atomic E-state index is 14.4. The van der Waals surface area contributed by atoms with E-state index in [0.29, 0.717) is 72.6 Å². The molecule has 2 aliphatic heterocycles. The van der Waals surface area contributed by atoms with E-state index in [1.54, 1.807) is 24.3 Å². The monoisotopic (exact) mass is 702 g/mol. The summed E-state index contributed by atoms with van der Waals surface area (Å²) in [6.07, 6.45) is -3.67. The van der Waals surface area contributed by atoms with Gasteiger partial charge in [0.2, 0.25) is 21.9 Å². The Labute approximate surface area is 280 Å². The Kier molecular flexibility index (Phi) is 9.59. The van der Waals surface area contributed by atoms with Crippen LogP contribution >= 0.6 is 11.6 Å². The lowest BCUT2D eigenvalue weighted by molar-refractivity contribution is -0.137. The SMILES string of the molecule is O=C(NCc1cc(-c2ccc(C(F)(F)F)cc2)nc(N2CCN(c3ccccc3F)CC2)n1)[C@@H]1CCCN1S(=O)(=O)c1ccc(Cl)cc1. The number of hydrogen-bond donors (Lipinski definition) is 1. The number of nitrogens with zero attached hydrogens (tertiary/aromatic N) is 5. The van der Waals surface area contributed by atoms with Crippen LogP contribution < -0.4 is 15.1 Å². The van der Waals surface area contributed by atoms with Crippen molar-refractivity contribution in [2.75, 3.05) is 42.5 Å². The molecule has 15 heteroatoms. The molecular weight excluding hydrogens is 672 g/mol. The maximum absolute atomic E-state index is 14.4. The van der Waals surface area contributed by atoms with E-state index in [0.717, 1.165) is 12.1 Å². The normalized spacial score (nSPS) is 17.5. The number of benzene rings is 3. The number of alkyl halides is 3. The zero-order valence-electron chi connectivity index (χ0n) is 25.5. The van der Waals surface area contributed by atoms with Gasteiger partial charge in [-0.3, -0.25) is 4.79 Å². The van der Waals surface area contributed by atoms with Crippen molar-refractivity contribution in [1.82, 2.24) is 19.6 Å². The Hall–Kier alpha value is -4.27. The molecule has 4 aromatic rings. The molecule has 48 heavy (non-hydrogen) atoms. The molecule has 0 radical (unpaired) electrons. The maximum Gasteiger partial charge on any atom is 0.416 e. The number of hydrogen-bond acceptors (Lipinski definition) is 7. The Morgan fingerprint density at radius 2 is 1.56 bits per heavy atom. The number of piperazine rings is 1. The van der Waals surface area contributed by atoms with Crippen molar-refractivity contribution in [1.29, 1.82) is 0 Å². The van der Waals surface area contributed by atoms with Gasteiger partial charge >= 0.3 is 6.18 Å². The molecule has 0 saturated carbocycles. The van der Waals surface area contributed by atoms with E-state index in [1.165, 1.54) is 46.8 Å². The van der Waals surface area contributed by atoms with Gasteiger partial charge < -0.3 is 15.1 Å². The molecule has 0 bridgehead atoms. The van der Waals surface area contributed by atoms with Crippen LogP contribution in [-0.4, -0.2) is 67.4 Å². The van der Waals surface area contributed by atoms with Gasteiger partial charge in [-0.2, -0.15) is 17.5 Å². The van der Waals surface area contributed by atoms with E-state index in [-0.39, 0.29) is 23.8 Å². The molecule has 1 aromatic heterocycles. The van der Waals surface area contributed by atoms with Crippen LogP contribution in [0.2, 0.25) is 5.02 Å². The fourth-order valence-electron chi connectivity index (χ4n) is 5.88. The molecule has 2 aliphatic rings. The van der Waals surface area contributed by atoms with Crippen molar-refractivity contribution < 1.29 is 30.8 Å². The summed E-state index contributed by atoms with van der Waals surface area (Å²) in [6, 6.07) is 17.5. The Morgan fingerprint density at radius 1 is 0.896 bits per heavy atom. The smallest absolute Gasteiger partial charge is 0.366 e. The number of sulfonamides is 1. The van der Waals surface area contributed by atoms with Crippen LogP contribution in [0.15, 0.2) is 83.8 Å². The molecular formula is C33H31ClF4N6O3S. The molecule has 1 N–H and O–H groups in total. The van der Waals surface area contributed by atoms with Crippen LogP contribution in [0, 0.1) is 5.82 Å². The van der Waals surface area contributed by atoms with E-state index in [4.69, 9.17) is 11.6 Å². The highest BCUT2D eigenvalue weighted by atomic mass is 35.5. The molecule has 6 rings (SSSR count).